The molecule has 0 radical (unpaired) electrons. The first-order valence-corrected chi connectivity index (χ1v) is 5.43. The maximum atomic E-state index is 12.6. The van der Waals surface area contributed by atoms with Crippen LogP contribution in [0.3, 0.4) is 0 Å². The third kappa shape index (κ3) is 2.99. The number of carbonyl (C=O) groups is 1. The second-order valence-corrected chi connectivity index (χ2v) is 4.90. The van der Waals surface area contributed by atoms with E-state index in [1.807, 2.05) is 0 Å². The van der Waals surface area contributed by atoms with Crippen LogP contribution in [-0.4, -0.2) is 47.5 Å². The molecule has 0 bridgehead atoms. The average Bonchev–Trinajstić information content (AvgIpc) is 2.23. The highest BCUT2D eigenvalue weighted by molar-refractivity contribution is 7.90. The zero-order chi connectivity index (χ0) is 17.7. The fraction of sp³-hybridized carbons (Fsp3) is 0.800. The number of amides is 1. The van der Waals surface area contributed by atoms with Crippen LogP contribution in [0.5, 0.6) is 0 Å². The summed E-state index contributed by atoms with van der Waals surface area (Å²) in [6, 6.07) is 0. The van der Waals surface area contributed by atoms with Crippen molar-refractivity contribution in [3.63, 3.8) is 0 Å². The van der Waals surface area contributed by atoms with Crippen LogP contribution in [-0.2, 0) is 14.8 Å². The summed E-state index contributed by atoms with van der Waals surface area (Å²) in [5.41, 5.74) is -6.61. The van der Waals surface area contributed by atoms with E-state index in [2.05, 4.69) is 0 Å². The van der Waals surface area contributed by atoms with E-state index in [9.17, 15) is 57.1 Å². The fourth-order valence-corrected chi connectivity index (χ4v) is 1.17. The van der Waals surface area contributed by atoms with Crippen molar-refractivity contribution in [1.29, 1.82) is 0 Å². The first-order chi connectivity index (χ1) is 8.82. The van der Waals surface area contributed by atoms with Crippen molar-refractivity contribution in [2.45, 2.75) is 23.5 Å². The van der Waals surface area contributed by atoms with E-state index in [-0.39, 0.29) is 0 Å². The van der Waals surface area contributed by atoms with Gasteiger partial charge in [0.25, 0.3) is 0 Å². The van der Waals surface area contributed by atoms with Gasteiger partial charge in [-0.15, -0.1) is 0 Å². The first kappa shape index (κ1) is 19.7. The Kier molecular flexibility index (Phi) is 4.55. The maximum absolute atomic E-state index is 12.6. The minimum Gasteiger partial charge on any atom is -0.271 e. The van der Waals surface area contributed by atoms with Crippen LogP contribution in [0.15, 0.2) is 0 Å². The van der Waals surface area contributed by atoms with E-state index in [0.29, 0.717) is 0 Å². The zero-order valence-electron chi connectivity index (χ0n) is 8.81. The maximum Gasteiger partial charge on any atom is 0.518 e. The van der Waals surface area contributed by atoms with E-state index in [1.165, 1.54) is 0 Å². The van der Waals surface area contributed by atoms with Crippen molar-refractivity contribution in [1.82, 2.24) is 4.47 Å². The number of hydroxylamine groups is 1. The number of carbonyl (C=O) groups excluding carboxylic acids is 1. The lowest BCUT2D eigenvalue weighted by Crippen LogP contribution is -2.61. The lowest BCUT2D eigenvalue weighted by Gasteiger charge is -2.28. The standard InChI is InChI=1S/C5HF10NO4S/c6-2(7,3(8,9)4(10,11)12)1(17)16(18)21(19,20)5(13,14)15/h18H. The molecule has 0 aliphatic heterocycles. The van der Waals surface area contributed by atoms with Gasteiger partial charge < -0.3 is 0 Å². The molecule has 0 aliphatic rings. The number of halogens is 10. The molecule has 5 nitrogen and oxygen atoms in total. The van der Waals surface area contributed by atoms with Gasteiger partial charge in [0.05, 0.1) is 0 Å². The topological polar surface area (TPSA) is 74.7 Å². The predicted octanol–water partition coefficient (Wildman–Crippen LogP) is 1.89. The summed E-state index contributed by atoms with van der Waals surface area (Å²) in [6.07, 6.45) is -7.12. The number of nitrogens with zero attached hydrogens (tertiary/aromatic N) is 1. The summed E-state index contributed by atoms with van der Waals surface area (Å²) in [5, 5.41) is 8.14. The third-order valence-corrected chi connectivity index (χ3v) is 2.92. The van der Waals surface area contributed by atoms with Crippen LogP contribution in [0, 0.1) is 0 Å². The van der Waals surface area contributed by atoms with Crippen molar-refractivity contribution < 1.29 is 62.3 Å². The van der Waals surface area contributed by atoms with Gasteiger partial charge in [0.2, 0.25) is 0 Å². The van der Waals surface area contributed by atoms with Crippen molar-refractivity contribution >= 4 is 15.9 Å². The number of hydrogen-bond donors (Lipinski definition) is 1. The van der Waals surface area contributed by atoms with Gasteiger partial charge in [0, 0.05) is 0 Å². The molecule has 1 amide bonds. The minimum atomic E-state index is -7.31. The zero-order valence-corrected chi connectivity index (χ0v) is 9.62. The van der Waals surface area contributed by atoms with Crippen LogP contribution in [0.2, 0.25) is 0 Å². The van der Waals surface area contributed by atoms with E-state index < -0.39 is 43.9 Å². The molecule has 0 atom stereocenters. The van der Waals surface area contributed by atoms with Crippen LogP contribution in [0.25, 0.3) is 0 Å². The second-order valence-electron chi connectivity index (χ2n) is 3.15. The molecule has 0 fully saturated rings. The predicted molar refractivity (Wildman–Crippen MR) is 39.6 cm³/mol. The minimum absolute atomic E-state index is 2.92. The molecule has 0 aromatic carbocycles. The first-order valence-electron chi connectivity index (χ1n) is 3.99. The normalized spacial score (nSPS) is 15.0. The van der Waals surface area contributed by atoms with Gasteiger partial charge in [0.1, 0.15) is 0 Å². The van der Waals surface area contributed by atoms with Gasteiger partial charge in [-0.05, 0) is 0 Å². The Morgan fingerprint density at radius 1 is 0.857 bits per heavy atom. The quantitative estimate of drug-likeness (QED) is 0.473. The lowest BCUT2D eigenvalue weighted by molar-refractivity contribution is -0.347. The molecule has 21 heavy (non-hydrogen) atoms. The highest BCUT2D eigenvalue weighted by Gasteiger charge is 2.78. The summed E-state index contributed by atoms with van der Waals surface area (Å²) in [6.45, 7) is 0. The molecule has 0 saturated heterocycles. The van der Waals surface area contributed by atoms with E-state index >= 15 is 0 Å². The Balaban J connectivity index is 5.86. The molecular formula is C5HF10NO4S. The van der Waals surface area contributed by atoms with Crippen molar-refractivity contribution in [2.75, 3.05) is 0 Å². The second kappa shape index (κ2) is 4.85. The molecule has 0 heterocycles. The van der Waals surface area contributed by atoms with Gasteiger partial charge in [-0.2, -0.15) is 52.3 Å². The molecule has 0 aromatic rings. The van der Waals surface area contributed by atoms with Crippen LogP contribution in [0.1, 0.15) is 0 Å². The number of rotatable bonds is 3. The van der Waals surface area contributed by atoms with Crippen molar-refractivity contribution in [3.8, 4) is 0 Å². The van der Waals surface area contributed by atoms with Gasteiger partial charge in [-0.1, -0.05) is 4.47 Å². The van der Waals surface area contributed by atoms with Crippen LogP contribution >= 0.6 is 0 Å². The Hall–Kier alpha value is -1.32. The largest absolute Gasteiger partial charge is 0.518 e. The molecular weight excluding hydrogens is 360 g/mol. The lowest BCUT2D eigenvalue weighted by atomic mass is 10.1. The molecule has 0 spiro atoms. The van der Waals surface area contributed by atoms with E-state index in [1.54, 1.807) is 0 Å². The van der Waals surface area contributed by atoms with Gasteiger partial charge in [-0.3, -0.25) is 10.0 Å². The molecule has 0 rings (SSSR count). The van der Waals surface area contributed by atoms with Gasteiger partial charge >= 0.3 is 39.5 Å². The highest BCUT2D eigenvalue weighted by Crippen LogP contribution is 2.47. The SMILES string of the molecule is O=C(N(O)S(=O)(=O)C(F)(F)F)C(F)(F)C(F)(F)C(F)(F)F. The number of alkyl halides is 10. The van der Waals surface area contributed by atoms with Crippen molar-refractivity contribution in [3.05, 3.63) is 0 Å². The van der Waals surface area contributed by atoms with Gasteiger partial charge in [-0.25, -0.2) is 0 Å². The van der Waals surface area contributed by atoms with Gasteiger partial charge in [0.15, 0.2) is 0 Å². The highest BCUT2D eigenvalue weighted by atomic mass is 32.2. The molecule has 0 saturated carbocycles. The summed E-state index contributed by atoms with van der Waals surface area (Å²) in [4.78, 5) is 10.4. The van der Waals surface area contributed by atoms with E-state index in [4.69, 9.17) is 5.21 Å². The third-order valence-electron chi connectivity index (χ3n) is 1.71. The Labute approximate surface area is 107 Å². The van der Waals surface area contributed by atoms with Crippen LogP contribution < -0.4 is 0 Å². The molecule has 16 heteroatoms. The molecule has 0 aliphatic carbocycles. The Bertz CT molecular complexity index is 519. The molecule has 0 aromatic heterocycles. The van der Waals surface area contributed by atoms with Crippen LogP contribution in [0.4, 0.5) is 43.9 Å². The summed E-state index contributed by atoms with van der Waals surface area (Å²) in [7, 11) is -7.31. The smallest absolute Gasteiger partial charge is 0.271 e. The van der Waals surface area contributed by atoms with Crippen molar-refractivity contribution in [2.24, 2.45) is 0 Å². The molecule has 126 valence electrons. The molecule has 0 unspecified atom stereocenters. The summed E-state index contributed by atoms with van der Waals surface area (Å²) < 4.78 is 138. The fourth-order valence-electron chi connectivity index (χ4n) is 0.640. The number of hydrogen-bond acceptors (Lipinski definition) is 4. The summed E-state index contributed by atoms with van der Waals surface area (Å²) in [5.74, 6) is -18.6. The number of sulfonamides is 1. The Morgan fingerprint density at radius 2 is 1.19 bits per heavy atom. The molecule has 1 N–H and O–H groups in total. The Morgan fingerprint density at radius 3 is 1.43 bits per heavy atom. The summed E-state index contributed by atoms with van der Waals surface area (Å²) >= 11 is 0. The monoisotopic (exact) mass is 361 g/mol. The average molecular weight is 361 g/mol. The van der Waals surface area contributed by atoms with E-state index in [0.717, 1.165) is 0 Å².